The molecule has 1 amide bonds. The number of amides is 1. The lowest BCUT2D eigenvalue weighted by Gasteiger charge is -2.32. The van der Waals surface area contributed by atoms with E-state index in [1.807, 2.05) is 30.3 Å². The predicted molar refractivity (Wildman–Crippen MR) is 146 cm³/mol. The van der Waals surface area contributed by atoms with E-state index in [1.54, 1.807) is 16.9 Å². The molecule has 1 saturated carbocycles. The van der Waals surface area contributed by atoms with Gasteiger partial charge in [0.05, 0.1) is 6.20 Å². The van der Waals surface area contributed by atoms with Crippen molar-refractivity contribution in [1.29, 1.82) is 0 Å². The first-order chi connectivity index (χ1) is 18.9. The van der Waals surface area contributed by atoms with Crippen molar-refractivity contribution in [2.24, 2.45) is 0 Å². The summed E-state index contributed by atoms with van der Waals surface area (Å²) in [4.78, 5) is 22.7. The smallest absolute Gasteiger partial charge is 0.255 e. The Hall–Kier alpha value is -3.69. The van der Waals surface area contributed by atoms with Gasteiger partial charge in [-0.2, -0.15) is 5.10 Å². The average molecular weight is 531 g/mol. The van der Waals surface area contributed by atoms with Gasteiger partial charge in [-0.25, -0.2) is 18.3 Å². The Morgan fingerprint density at radius 3 is 2.56 bits per heavy atom. The van der Waals surface area contributed by atoms with Gasteiger partial charge in [-0.1, -0.05) is 18.6 Å². The van der Waals surface area contributed by atoms with Crippen molar-refractivity contribution < 1.29 is 13.6 Å². The highest BCUT2D eigenvalue weighted by Gasteiger charge is 2.33. The normalized spacial score (nSPS) is 20.5. The van der Waals surface area contributed by atoms with Crippen LogP contribution in [0.15, 0.2) is 60.9 Å². The van der Waals surface area contributed by atoms with Gasteiger partial charge in [0.15, 0.2) is 5.65 Å². The van der Waals surface area contributed by atoms with Gasteiger partial charge in [-0.15, -0.1) is 0 Å². The van der Waals surface area contributed by atoms with Crippen LogP contribution in [-0.4, -0.2) is 63.5 Å². The van der Waals surface area contributed by atoms with Crippen LogP contribution in [0.2, 0.25) is 0 Å². The lowest BCUT2D eigenvalue weighted by atomic mass is 9.86. The van der Waals surface area contributed by atoms with Gasteiger partial charge in [-0.05, 0) is 73.3 Å². The molecule has 1 aliphatic heterocycles. The number of anilines is 1. The molecule has 6 rings (SSSR count). The highest BCUT2D eigenvalue weighted by Crippen LogP contribution is 2.46. The van der Waals surface area contributed by atoms with E-state index in [4.69, 9.17) is 4.98 Å². The van der Waals surface area contributed by atoms with Crippen LogP contribution in [0.25, 0.3) is 5.65 Å². The number of halogens is 2. The number of hydrogen-bond acceptors (Lipinski definition) is 5. The molecule has 4 aromatic rings. The van der Waals surface area contributed by atoms with Crippen LogP contribution in [0.5, 0.6) is 0 Å². The van der Waals surface area contributed by atoms with Crippen LogP contribution in [0.4, 0.5) is 14.5 Å². The molecule has 0 radical (unpaired) electrons. The number of carbonyl (C=O) groups excluding carboxylic acids is 1. The van der Waals surface area contributed by atoms with Gasteiger partial charge < -0.3 is 10.2 Å². The third-order valence-corrected chi connectivity index (χ3v) is 8.11. The molecule has 39 heavy (non-hydrogen) atoms. The van der Waals surface area contributed by atoms with Crippen molar-refractivity contribution in [2.75, 3.05) is 38.5 Å². The molecular weight excluding hydrogens is 498 g/mol. The Labute approximate surface area is 226 Å². The quantitative estimate of drug-likeness (QED) is 0.378. The Bertz CT molecular complexity index is 1480. The van der Waals surface area contributed by atoms with Gasteiger partial charge in [-0.3, -0.25) is 9.69 Å². The maximum absolute atomic E-state index is 14.6. The highest BCUT2D eigenvalue weighted by atomic mass is 19.1. The summed E-state index contributed by atoms with van der Waals surface area (Å²) >= 11 is 0. The lowest BCUT2D eigenvalue weighted by Crippen LogP contribution is -2.43. The van der Waals surface area contributed by atoms with Gasteiger partial charge >= 0.3 is 0 Å². The molecule has 7 nitrogen and oxygen atoms in total. The fraction of sp³-hybridized carbons (Fsp3) is 0.367. The minimum atomic E-state index is -0.436. The van der Waals surface area contributed by atoms with E-state index in [9.17, 15) is 13.6 Å². The van der Waals surface area contributed by atoms with Crippen molar-refractivity contribution in [2.45, 2.75) is 37.6 Å². The second-order valence-corrected chi connectivity index (χ2v) is 10.7. The number of nitrogens with one attached hydrogen (secondary N) is 1. The summed E-state index contributed by atoms with van der Waals surface area (Å²) in [6.45, 7) is 5.10. The zero-order valence-electron chi connectivity index (χ0n) is 22.0. The van der Waals surface area contributed by atoms with Crippen molar-refractivity contribution >= 4 is 17.2 Å². The van der Waals surface area contributed by atoms with Gasteiger partial charge in [0.1, 0.15) is 17.3 Å². The predicted octanol–water partition coefficient (Wildman–Crippen LogP) is 5.06. The number of rotatable bonds is 6. The number of nitrogens with zero attached hydrogens (tertiary/aromatic N) is 5. The monoisotopic (exact) mass is 530 g/mol. The molecule has 1 aliphatic carbocycles. The maximum Gasteiger partial charge on any atom is 0.255 e. The highest BCUT2D eigenvalue weighted by molar-refractivity contribution is 6.05. The van der Waals surface area contributed by atoms with Gasteiger partial charge in [0.2, 0.25) is 0 Å². The number of piperazine rings is 1. The van der Waals surface area contributed by atoms with E-state index in [-0.39, 0.29) is 23.6 Å². The van der Waals surface area contributed by atoms with E-state index >= 15 is 0 Å². The first-order valence-corrected chi connectivity index (χ1v) is 13.5. The summed E-state index contributed by atoms with van der Waals surface area (Å²) in [5.74, 6) is -1.25. The van der Waals surface area contributed by atoms with Crippen molar-refractivity contribution in [3.05, 3.63) is 94.9 Å². The largest absolute Gasteiger partial charge is 0.317 e. The molecule has 2 fully saturated rings. The van der Waals surface area contributed by atoms with E-state index in [1.165, 1.54) is 17.7 Å². The molecule has 0 spiro atoms. The molecule has 3 heterocycles. The third kappa shape index (κ3) is 5.42. The molecule has 2 atom stereocenters. The summed E-state index contributed by atoms with van der Waals surface area (Å²) in [6, 6.07) is 13.2. The van der Waals surface area contributed by atoms with E-state index in [0.717, 1.165) is 63.7 Å². The number of fused-ring (bicyclic) bond motifs is 1. The third-order valence-electron chi connectivity index (χ3n) is 8.11. The van der Waals surface area contributed by atoms with Gasteiger partial charge in [0, 0.05) is 56.1 Å². The minimum Gasteiger partial charge on any atom is -0.317 e. The Balaban J connectivity index is 1.18. The van der Waals surface area contributed by atoms with Crippen molar-refractivity contribution in [3.8, 4) is 0 Å². The lowest BCUT2D eigenvalue weighted by molar-refractivity contribution is 0.102. The molecular formula is C30H32F2N6O. The zero-order valence-corrected chi connectivity index (χ0v) is 22.0. The molecule has 202 valence electrons. The molecule has 2 unspecified atom stereocenters. The van der Waals surface area contributed by atoms with Crippen LogP contribution in [0, 0.1) is 11.6 Å². The number of hydrogen-bond donors (Lipinski definition) is 1. The summed E-state index contributed by atoms with van der Waals surface area (Å²) in [6.07, 6.45) is 5.90. The molecule has 0 bridgehead atoms. The van der Waals surface area contributed by atoms with E-state index < -0.39 is 5.82 Å². The van der Waals surface area contributed by atoms with Crippen LogP contribution >= 0.6 is 0 Å². The summed E-state index contributed by atoms with van der Waals surface area (Å²) in [5.41, 5.74) is 3.97. The molecule has 2 aromatic carbocycles. The zero-order chi connectivity index (χ0) is 26.9. The standard InChI is InChI=1S/C30H32F2N6O/c1-36-13-15-37(16-14-36)19-20-5-7-21(8-6-20)30(39)35-28-18-33-38-12-11-27(34-29(28)38)24-4-2-3-23(24)25-17-22(31)9-10-26(25)32/h5-12,17-18,23-24H,2-4,13-16,19H2,1H3,(H,35,39). The summed E-state index contributed by atoms with van der Waals surface area (Å²) in [5, 5.41) is 7.30. The minimum absolute atomic E-state index is 0.0439. The number of likely N-dealkylation sites (N-methyl/N-ethyl adjacent to an activating group) is 1. The number of benzene rings is 2. The fourth-order valence-electron chi connectivity index (χ4n) is 5.88. The Kier molecular flexibility index (Phi) is 7.10. The van der Waals surface area contributed by atoms with Crippen LogP contribution in [-0.2, 0) is 6.54 Å². The van der Waals surface area contributed by atoms with Crippen LogP contribution < -0.4 is 5.32 Å². The first-order valence-electron chi connectivity index (χ1n) is 13.5. The molecule has 2 aliphatic rings. The molecule has 1 saturated heterocycles. The Morgan fingerprint density at radius 2 is 1.77 bits per heavy atom. The van der Waals surface area contributed by atoms with E-state index in [2.05, 4.69) is 27.3 Å². The van der Waals surface area contributed by atoms with Crippen LogP contribution in [0.3, 0.4) is 0 Å². The number of carbonyl (C=O) groups is 1. The van der Waals surface area contributed by atoms with Crippen molar-refractivity contribution in [3.63, 3.8) is 0 Å². The maximum atomic E-state index is 14.6. The Morgan fingerprint density at radius 1 is 1.00 bits per heavy atom. The molecule has 9 heteroatoms. The van der Waals surface area contributed by atoms with Gasteiger partial charge in [0.25, 0.3) is 5.91 Å². The summed E-state index contributed by atoms with van der Waals surface area (Å²) in [7, 11) is 2.14. The van der Waals surface area contributed by atoms with Crippen LogP contribution in [0.1, 0.15) is 58.3 Å². The molecule has 2 aromatic heterocycles. The summed E-state index contributed by atoms with van der Waals surface area (Å²) < 4.78 is 30.1. The first kappa shape index (κ1) is 25.6. The molecule has 1 N–H and O–H groups in total. The van der Waals surface area contributed by atoms with Crippen molar-refractivity contribution in [1.82, 2.24) is 24.4 Å². The number of aromatic nitrogens is 3. The second kappa shape index (κ2) is 10.8. The SMILES string of the molecule is CN1CCN(Cc2ccc(C(=O)Nc3cnn4ccc(C5CCCC5c5cc(F)ccc5F)nc34)cc2)CC1. The fourth-order valence-corrected chi connectivity index (χ4v) is 5.88. The average Bonchev–Trinajstić information content (AvgIpc) is 3.59. The second-order valence-electron chi connectivity index (χ2n) is 10.7. The topological polar surface area (TPSA) is 65.8 Å². The van der Waals surface area contributed by atoms with E-state index in [0.29, 0.717) is 22.5 Å².